The summed E-state index contributed by atoms with van der Waals surface area (Å²) in [4.78, 5) is 3.94. The molecule has 1 aliphatic carbocycles. The fraction of sp³-hybridized carbons (Fsp3) is 0.500. The first kappa shape index (κ1) is 12.6. The first-order chi connectivity index (χ1) is 8.25. The molecule has 0 spiro atoms. The van der Waals surface area contributed by atoms with Crippen molar-refractivity contribution in [2.24, 2.45) is 0 Å². The molecule has 0 aliphatic heterocycles. The molecule has 0 aromatic carbocycles. The molecule has 2 rings (SSSR count). The molecule has 0 saturated heterocycles. The standard InChI is InChI=1S/C14H18ClNO/c15-14-10-16-7-6-12(14)9-13(17)8-11-4-2-1-3-5-11/h4,6-7,10,13,17H,1-3,5,8-9H2. The van der Waals surface area contributed by atoms with Crippen molar-refractivity contribution in [3.8, 4) is 0 Å². The van der Waals surface area contributed by atoms with E-state index in [0.717, 1.165) is 24.8 Å². The van der Waals surface area contributed by atoms with Crippen molar-refractivity contribution in [3.63, 3.8) is 0 Å². The monoisotopic (exact) mass is 251 g/mol. The number of halogens is 1. The summed E-state index contributed by atoms with van der Waals surface area (Å²) in [6.45, 7) is 0. The van der Waals surface area contributed by atoms with Crippen LogP contribution in [0.2, 0.25) is 5.02 Å². The average molecular weight is 252 g/mol. The Kier molecular flexibility index (Phi) is 4.57. The van der Waals surface area contributed by atoms with Crippen LogP contribution in [-0.4, -0.2) is 16.2 Å². The van der Waals surface area contributed by atoms with Crippen molar-refractivity contribution in [3.05, 3.63) is 40.7 Å². The van der Waals surface area contributed by atoms with Crippen LogP contribution in [0, 0.1) is 0 Å². The topological polar surface area (TPSA) is 33.1 Å². The number of pyridine rings is 1. The number of aliphatic hydroxyl groups is 1. The fourth-order valence-electron chi connectivity index (χ4n) is 2.29. The van der Waals surface area contributed by atoms with Crippen molar-refractivity contribution in [1.29, 1.82) is 0 Å². The zero-order valence-corrected chi connectivity index (χ0v) is 10.7. The molecule has 1 aliphatic rings. The quantitative estimate of drug-likeness (QED) is 0.831. The zero-order chi connectivity index (χ0) is 12.1. The molecule has 0 saturated carbocycles. The predicted molar refractivity (Wildman–Crippen MR) is 70.1 cm³/mol. The lowest BCUT2D eigenvalue weighted by atomic mass is 9.93. The van der Waals surface area contributed by atoms with E-state index in [9.17, 15) is 5.11 Å². The third-order valence-electron chi connectivity index (χ3n) is 3.19. The Morgan fingerprint density at radius 3 is 2.94 bits per heavy atom. The minimum atomic E-state index is -0.334. The van der Waals surface area contributed by atoms with Gasteiger partial charge in [-0.1, -0.05) is 23.3 Å². The third kappa shape index (κ3) is 3.83. The number of aliphatic hydroxyl groups excluding tert-OH is 1. The molecule has 1 aromatic rings. The Hall–Kier alpha value is -0.860. The van der Waals surface area contributed by atoms with Crippen molar-refractivity contribution in [1.82, 2.24) is 4.98 Å². The number of hydrogen-bond donors (Lipinski definition) is 1. The maximum absolute atomic E-state index is 10.1. The Labute approximate surface area is 107 Å². The zero-order valence-electron chi connectivity index (χ0n) is 9.90. The summed E-state index contributed by atoms with van der Waals surface area (Å²) in [5.41, 5.74) is 2.37. The molecule has 1 aromatic heterocycles. The van der Waals surface area contributed by atoms with Crippen LogP contribution in [0.15, 0.2) is 30.1 Å². The van der Waals surface area contributed by atoms with Crippen LogP contribution in [0.25, 0.3) is 0 Å². The van der Waals surface area contributed by atoms with E-state index < -0.39 is 0 Å². The first-order valence-corrected chi connectivity index (χ1v) is 6.58. The summed E-state index contributed by atoms with van der Waals surface area (Å²) in [6.07, 6.45) is 11.5. The molecule has 1 atom stereocenters. The van der Waals surface area contributed by atoms with Crippen molar-refractivity contribution in [2.45, 2.75) is 44.6 Å². The molecule has 1 N–H and O–H groups in total. The average Bonchev–Trinajstić information content (AvgIpc) is 2.33. The molecular formula is C14H18ClNO. The van der Waals surface area contributed by atoms with Crippen LogP contribution in [0.5, 0.6) is 0 Å². The van der Waals surface area contributed by atoms with Gasteiger partial charge < -0.3 is 5.11 Å². The van der Waals surface area contributed by atoms with Gasteiger partial charge in [-0.05, 0) is 43.7 Å². The summed E-state index contributed by atoms with van der Waals surface area (Å²) >= 11 is 6.02. The Morgan fingerprint density at radius 2 is 2.24 bits per heavy atom. The van der Waals surface area contributed by atoms with Crippen LogP contribution in [-0.2, 0) is 6.42 Å². The lowest BCUT2D eigenvalue weighted by molar-refractivity contribution is 0.173. The minimum Gasteiger partial charge on any atom is -0.392 e. The molecule has 92 valence electrons. The van der Waals surface area contributed by atoms with Gasteiger partial charge in [-0.15, -0.1) is 0 Å². The smallest absolute Gasteiger partial charge is 0.0622 e. The van der Waals surface area contributed by atoms with Gasteiger partial charge in [0, 0.05) is 18.8 Å². The Bertz CT molecular complexity index is 403. The summed E-state index contributed by atoms with van der Waals surface area (Å²) in [5.74, 6) is 0. The second-order valence-corrected chi connectivity index (χ2v) is 5.04. The maximum atomic E-state index is 10.1. The van der Waals surface area contributed by atoms with Gasteiger partial charge in [0.15, 0.2) is 0 Å². The fourth-order valence-corrected chi connectivity index (χ4v) is 2.48. The largest absolute Gasteiger partial charge is 0.392 e. The normalized spacial score (nSPS) is 17.6. The summed E-state index contributed by atoms with van der Waals surface area (Å²) < 4.78 is 0. The van der Waals surface area contributed by atoms with Crippen LogP contribution in [0.3, 0.4) is 0 Å². The number of allylic oxidation sites excluding steroid dienone is 1. The molecule has 0 fully saturated rings. The molecule has 3 heteroatoms. The highest BCUT2D eigenvalue weighted by molar-refractivity contribution is 6.31. The van der Waals surface area contributed by atoms with Gasteiger partial charge in [0.25, 0.3) is 0 Å². The summed E-state index contributed by atoms with van der Waals surface area (Å²) in [5, 5.41) is 10.7. The van der Waals surface area contributed by atoms with E-state index in [0.29, 0.717) is 11.4 Å². The predicted octanol–water partition coefficient (Wildman–Crippen LogP) is 3.53. The van der Waals surface area contributed by atoms with Crippen molar-refractivity contribution < 1.29 is 5.11 Å². The molecule has 0 bridgehead atoms. The van der Waals surface area contributed by atoms with E-state index in [1.807, 2.05) is 6.07 Å². The van der Waals surface area contributed by atoms with Gasteiger partial charge in [-0.3, -0.25) is 4.98 Å². The van der Waals surface area contributed by atoms with Crippen LogP contribution in [0.4, 0.5) is 0 Å². The number of nitrogens with zero attached hydrogens (tertiary/aromatic N) is 1. The van der Waals surface area contributed by atoms with Crippen molar-refractivity contribution in [2.75, 3.05) is 0 Å². The molecule has 0 amide bonds. The number of rotatable bonds is 4. The van der Waals surface area contributed by atoms with E-state index in [1.54, 1.807) is 12.4 Å². The highest BCUT2D eigenvalue weighted by Gasteiger charge is 2.12. The van der Waals surface area contributed by atoms with E-state index in [-0.39, 0.29) is 6.10 Å². The van der Waals surface area contributed by atoms with E-state index in [4.69, 9.17) is 11.6 Å². The SMILES string of the molecule is OC(CC1=CCCCC1)Cc1ccncc1Cl. The minimum absolute atomic E-state index is 0.334. The van der Waals surface area contributed by atoms with Crippen molar-refractivity contribution >= 4 is 11.6 Å². The Morgan fingerprint density at radius 1 is 1.35 bits per heavy atom. The highest BCUT2D eigenvalue weighted by Crippen LogP contribution is 2.23. The lowest BCUT2D eigenvalue weighted by Crippen LogP contribution is -2.12. The van der Waals surface area contributed by atoms with E-state index in [2.05, 4.69) is 11.1 Å². The van der Waals surface area contributed by atoms with Gasteiger partial charge in [-0.2, -0.15) is 0 Å². The number of aromatic nitrogens is 1. The third-order valence-corrected chi connectivity index (χ3v) is 3.54. The van der Waals surface area contributed by atoms with Gasteiger partial charge in [0.1, 0.15) is 0 Å². The van der Waals surface area contributed by atoms with Gasteiger partial charge in [0.05, 0.1) is 11.1 Å². The van der Waals surface area contributed by atoms with Gasteiger partial charge in [-0.25, -0.2) is 0 Å². The van der Waals surface area contributed by atoms with Crippen LogP contribution in [0.1, 0.15) is 37.7 Å². The molecule has 0 radical (unpaired) electrons. The first-order valence-electron chi connectivity index (χ1n) is 6.20. The molecular weight excluding hydrogens is 234 g/mol. The van der Waals surface area contributed by atoms with Gasteiger partial charge in [0.2, 0.25) is 0 Å². The maximum Gasteiger partial charge on any atom is 0.0622 e. The second-order valence-electron chi connectivity index (χ2n) is 4.64. The summed E-state index contributed by atoms with van der Waals surface area (Å²) in [7, 11) is 0. The summed E-state index contributed by atoms with van der Waals surface area (Å²) in [6, 6.07) is 1.88. The molecule has 1 heterocycles. The second kappa shape index (κ2) is 6.18. The number of hydrogen-bond acceptors (Lipinski definition) is 2. The van der Waals surface area contributed by atoms with Crippen LogP contribution >= 0.6 is 11.6 Å². The van der Waals surface area contributed by atoms with Gasteiger partial charge >= 0.3 is 0 Å². The van der Waals surface area contributed by atoms with E-state index in [1.165, 1.54) is 18.4 Å². The lowest BCUT2D eigenvalue weighted by Gasteiger charge is -2.17. The molecule has 17 heavy (non-hydrogen) atoms. The molecule has 2 nitrogen and oxygen atoms in total. The van der Waals surface area contributed by atoms with E-state index >= 15 is 0 Å². The highest BCUT2D eigenvalue weighted by atomic mass is 35.5. The van der Waals surface area contributed by atoms with Crippen LogP contribution < -0.4 is 0 Å². The molecule has 1 unspecified atom stereocenters. The Balaban J connectivity index is 1.91.